The molecule has 1 aromatic rings. The van der Waals surface area contributed by atoms with Crippen LogP contribution in [0.1, 0.15) is 32.6 Å². The van der Waals surface area contributed by atoms with E-state index in [0.717, 1.165) is 4.47 Å². The monoisotopic (exact) mass is 357 g/mol. The Kier molecular flexibility index (Phi) is 5.58. The third kappa shape index (κ3) is 4.68. The van der Waals surface area contributed by atoms with Crippen molar-refractivity contribution in [3.8, 4) is 5.75 Å². The molecule has 0 spiro atoms. The van der Waals surface area contributed by atoms with E-state index in [4.69, 9.17) is 9.47 Å². The van der Waals surface area contributed by atoms with Gasteiger partial charge in [0.2, 0.25) is 0 Å². The zero-order chi connectivity index (χ0) is 15.3. The third-order valence-corrected chi connectivity index (χ3v) is 4.16. The topological polar surface area (TPSA) is 68.7 Å². The number of carbonyl (C=O) groups is 1. The van der Waals surface area contributed by atoms with Gasteiger partial charge in [-0.1, -0.05) is 0 Å². The quantitative estimate of drug-likeness (QED) is 0.820. The summed E-state index contributed by atoms with van der Waals surface area (Å²) in [6, 6.07) is 1.81. The van der Waals surface area contributed by atoms with Gasteiger partial charge in [0.1, 0.15) is 12.4 Å². The van der Waals surface area contributed by atoms with Gasteiger partial charge in [-0.15, -0.1) is 0 Å². The molecule has 6 heteroatoms. The number of hydrogen-bond donors (Lipinski definition) is 1. The minimum atomic E-state index is -0.884. The van der Waals surface area contributed by atoms with Crippen LogP contribution in [0.3, 0.4) is 0 Å². The lowest BCUT2D eigenvalue weighted by atomic mass is 9.79. The van der Waals surface area contributed by atoms with Gasteiger partial charge in [0, 0.05) is 10.7 Å². The smallest absolute Gasteiger partial charge is 0.308 e. The van der Waals surface area contributed by atoms with Crippen molar-refractivity contribution in [2.45, 2.75) is 38.2 Å². The van der Waals surface area contributed by atoms with E-state index in [9.17, 15) is 9.90 Å². The normalized spacial score (nSPS) is 25.4. The molecule has 21 heavy (non-hydrogen) atoms. The van der Waals surface area contributed by atoms with E-state index in [2.05, 4.69) is 20.9 Å². The Morgan fingerprint density at radius 3 is 2.81 bits per heavy atom. The molecular formula is C15H20BrNO4. The maximum atomic E-state index is 11.7. The van der Waals surface area contributed by atoms with Crippen LogP contribution in [0, 0.1) is 5.92 Å². The summed E-state index contributed by atoms with van der Waals surface area (Å²) in [6.45, 7) is 2.41. The van der Waals surface area contributed by atoms with E-state index in [0.29, 0.717) is 38.0 Å². The van der Waals surface area contributed by atoms with Crippen molar-refractivity contribution in [1.82, 2.24) is 4.98 Å². The molecule has 1 N–H and O–H groups in total. The summed E-state index contributed by atoms with van der Waals surface area (Å²) in [5, 5.41) is 10.5. The van der Waals surface area contributed by atoms with Crippen LogP contribution < -0.4 is 4.74 Å². The standard InChI is InChI=1S/C15H20BrNO4/c1-2-20-14(18)11-3-5-15(19,6-4-11)10-21-13-7-12(16)8-17-9-13/h7-9,11,19H,2-6,10H2,1H3. The van der Waals surface area contributed by atoms with Crippen LogP contribution in [0.15, 0.2) is 22.9 Å². The van der Waals surface area contributed by atoms with E-state index in [1.165, 1.54) is 0 Å². The second kappa shape index (κ2) is 7.22. The highest BCUT2D eigenvalue weighted by atomic mass is 79.9. The van der Waals surface area contributed by atoms with Gasteiger partial charge in [0.25, 0.3) is 0 Å². The molecule has 0 atom stereocenters. The van der Waals surface area contributed by atoms with Crippen molar-refractivity contribution >= 4 is 21.9 Å². The van der Waals surface area contributed by atoms with Gasteiger partial charge >= 0.3 is 5.97 Å². The van der Waals surface area contributed by atoms with Crippen molar-refractivity contribution in [3.05, 3.63) is 22.9 Å². The van der Waals surface area contributed by atoms with Gasteiger partial charge in [-0.25, -0.2) is 0 Å². The highest BCUT2D eigenvalue weighted by molar-refractivity contribution is 9.10. The number of esters is 1. The zero-order valence-electron chi connectivity index (χ0n) is 12.0. The Morgan fingerprint density at radius 1 is 1.48 bits per heavy atom. The Labute approximate surface area is 132 Å². The van der Waals surface area contributed by atoms with Crippen LogP contribution in [-0.2, 0) is 9.53 Å². The first-order valence-electron chi connectivity index (χ1n) is 7.15. The van der Waals surface area contributed by atoms with Crippen molar-refractivity contribution < 1.29 is 19.4 Å². The van der Waals surface area contributed by atoms with E-state index in [1.54, 1.807) is 25.4 Å². The minimum Gasteiger partial charge on any atom is -0.489 e. The van der Waals surface area contributed by atoms with Gasteiger partial charge in [-0.2, -0.15) is 0 Å². The van der Waals surface area contributed by atoms with Crippen LogP contribution in [-0.4, -0.2) is 34.9 Å². The Bertz CT molecular complexity index is 486. The summed E-state index contributed by atoms with van der Waals surface area (Å²) in [5.74, 6) is 0.361. The SMILES string of the molecule is CCOC(=O)C1CCC(O)(COc2cncc(Br)c2)CC1. The number of aliphatic hydroxyl groups is 1. The number of rotatable bonds is 5. The maximum Gasteiger partial charge on any atom is 0.308 e. The molecule has 1 fully saturated rings. The number of ether oxygens (including phenoxy) is 2. The molecule has 1 aliphatic rings. The Balaban J connectivity index is 1.83. The molecular weight excluding hydrogens is 338 g/mol. The van der Waals surface area contributed by atoms with Gasteiger partial charge in [0.05, 0.1) is 24.3 Å². The van der Waals surface area contributed by atoms with E-state index in [-0.39, 0.29) is 18.5 Å². The van der Waals surface area contributed by atoms with Crippen molar-refractivity contribution in [2.75, 3.05) is 13.2 Å². The molecule has 1 heterocycles. The highest BCUT2D eigenvalue weighted by Gasteiger charge is 2.37. The second-order valence-electron chi connectivity index (χ2n) is 5.38. The average Bonchev–Trinajstić information content (AvgIpc) is 2.46. The predicted molar refractivity (Wildman–Crippen MR) is 81.0 cm³/mol. The lowest BCUT2D eigenvalue weighted by molar-refractivity contribution is -0.151. The Hall–Kier alpha value is -1.14. The molecule has 0 bridgehead atoms. The van der Waals surface area contributed by atoms with Crippen molar-refractivity contribution in [3.63, 3.8) is 0 Å². The molecule has 0 unspecified atom stereocenters. The van der Waals surface area contributed by atoms with Crippen LogP contribution in [0.4, 0.5) is 0 Å². The van der Waals surface area contributed by atoms with E-state index >= 15 is 0 Å². The number of aromatic nitrogens is 1. The van der Waals surface area contributed by atoms with Gasteiger partial charge in [-0.05, 0) is 54.6 Å². The molecule has 0 amide bonds. The molecule has 5 nitrogen and oxygen atoms in total. The molecule has 1 aromatic heterocycles. The zero-order valence-corrected chi connectivity index (χ0v) is 13.6. The number of hydrogen-bond acceptors (Lipinski definition) is 5. The average molecular weight is 358 g/mol. The maximum absolute atomic E-state index is 11.7. The molecule has 0 aliphatic heterocycles. The molecule has 0 radical (unpaired) electrons. The fourth-order valence-corrected chi connectivity index (χ4v) is 2.83. The number of halogens is 1. The third-order valence-electron chi connectivity index (χ3n) is 3.72. The summed E-state index contributed by atoms with van der Waals surface area (Å²) < 4.78 is 11.5. The summed E-state index contributed by atoms with van der Waals surface area (Å²) in [7, 11) is 0. The number of nitrogens with zero attached hydrogens (tertiary/aromatic N) is 1. The van der Waals surface area contributed by atoms with Crippen LogP contribution in [0.25, 0.3) is 0 Å². The Morgan fingerprint density at radius 2 is 2.19 bits per heavy atom. The number of pyridine rings is 1. The molecule has 2 rings (SSSR count). The van der Waals surface area contributed by atoms with Crippen LogP contribution in [0.2, 0.25) is 0 Å². The van der Waals surface area contributed by atoms with Gasteiger partial charge in [0.15, 0.2) is 0 Å². The van der Waals surface area contributed by atoms with Gasteiger partial charge in [-0.3, -0.25) is 9.78 Å². The van der Waals surface area contributed by atoms with E-state index in [1.807, 2.05) is 0 Å². The first-order valence-corrected chi connectivity index (χ1v) is 7.94. The molecule has 116 valence electrons. The first kappa shape index (κ1) is 16.2. The van der Waals surface area contributed by atoms with Gasteiger partial charge < -0.3 is 14.6 Å². The summed E-state index contributed by atoms with van der Waals surface area (Å²) >= 11 is 3.32. The first-order chi connectivity index (χ1) is 10.0. The summed E-state index contributed by atoms with van der Waals surface area (Å²) in [5.41, 5.74) is -0.884. The summed E-state index contributed by atoms with van der Waals surface area (Å²) in [4.78, 5) is 15.7. The minimum absolute atomic E-state index is 0.0993. The second-order valence-corrected chi connectivity index (χ2v) is 6.29. The molecule has 1 saturated carbocycles. The lowest BCUT2D eigenvalue weighted by Crippen LogP contribution is -2.41. The van der Waals surface area contributed by atoms with Crippen molar-refractivity contribution in [2.24, 2.45) is 5.92 Å². The largest absolute Gasteiger partial charge is 0.489 e. The molecule has 0 saturated heterocycles. The summed E-state index contributed by atoms with van der Waals surface area (Å²) in [6.07, 6.45) is 5.63. The highest BCUT2D eigenvalue weighted by Crippen LogP contribution is 2.33. The lowest BCUT2D eigenvalue weighted by Gasteiger charge is -2.34. The number of carbonyl (C=O) groups excluding carboxylic acids is 1. The fraction of sp³-hybridized carbons (Fsp3) is 0.600. The predicted octanol–water partition coefficient (Wildman–Crippen LogP) is 2.71. The van der Waals surface area contributed by atoms with E-state index < -0.39 is 5.60 Å². The van der Waals surface area contributed by atoms with Crippen LogP contribution in [0.5, 0.6) is 5.75 Å². The molecule has 1 aliphatic carbocycles. The van der Waals surface area contributed by atoms with Crippen molar-refractivity contribution in [1.29, 1.82) is 0 Å². The molecule has 0 aromatic carbocycles. The van der Waals surface area contributed by atoms with Crippen LogP contribution >= 0.6 is 15.9 Å². The fourth-order valence-electron chi connectivity index (χ4n) is 2.48.